The van der Waals surface area contributed by atoms with E-state index in [2.05, 4.69) is 4.90 Å². The van der Waals surface area contributed by atoms with Crippen LogP contribution in [0.5, 0.6) is 17.2 Å². The Morgan fingerprint density at radius 3 is 2.61 bits per heavy atom. The van der Waals surface area contributed by atoms with Crippen LogP contribution in [0, 0.1) is 5.92 Å². The van der Waals surface area contributed by atoms with Crippen molar-refractivity contribution >= 4 is 11.6 Å². The molecule has 6 nitrogen and oxygen atoms in total. The van der Waals surface area contributed by atoms with Gasteiger partial charge in [0.15, 0.2) is 11.5 Å². The second-order valence-corrected chi connectivity index (χ2v) is 6.30. The highest BCUT2D eigenvalue weighted by molar-refractivity contribution is 6.09. The Hall–Kier alpha value is -2.08. The van der Waals surface area contributed by atoms with Crippen LogP contribution in [0.15, 0.2) is 6.07 Å². The monoisotopic (exact) mass is 317 g/mol. The van der Waals surface area contributed by atoms with Crippen molar-refractivity contribution in [3.63, 3.8) is 0 Å². The van der Waals surface area contributed by atoms with Gasteiger partial charge in [0.2, 0.25) is 12.5 Å². The van der Waals surface area contributed by atoms with Crippen molar-refractivity contribution in [2.45, 2.75) is 25.3 Å². The van der Waals surface area contributed by atoms with Gasteiger partial charge < -0.3 is 14.2 Å². The molecular formula is C17H19NO5. The maximum Gasteiger partial charge on any atom is 0.231 e. The van der Waals surface area contributed by atoms with Gasteiger partial charge in [0.1, 0.15) is 11.6 Å². The molecule has 0 saturated heterocycles. The first kappa shape index (κ1) is 14.5. The lowest BCUT2D eigenvalue weighted by Crippen LogP contribution is -2.40. The van der Waals surface area contributed by atoms with Crippen LogP contribution >= 0.6 is 0 Å². The summed E-state index contributed by atoms with van der Waals surface area (Å²) in [4.78, 5) is 26.7. The summed E-state index contributed by atoms with van der Waals surface area (Å²) in [5.74, 6) is 1.30. The zero-order valence-corrected chi connectivity index (χ0v) is 13.3. The minimum atomic E-state index is -0.603. The van der Waals surface area contributed by atoms with Gasteiger partial charge in [-0.1, -0.05) is 0 Å². The second-order valence-electron chi connectivity index (χ2n) is 6.30. The molecule has 0 aromatic heterocycles. The number of fused-ring (bicyclic) bond motifs is 2. The third-order valence-corrected chi connectivity index (χ3v) is 5.08. The van der Waals surface area contributed by atoms with E-state index >= 15 is 0 Å². The van der Waals surface area contributed by atoms with Crippen molar-refractivity contribution in [3.05, 3.63) is 17.2 Å². The summed E-state index contributed by atoms with van der Waals surface area (Å²) >= 11 is 0. The van der Waals surface area contributed by atoms with Gasteiger partial charge in [-0.2, -0.15) is 0 Å². The molecule has 23 heavy (non-hydrogen) atoms. The first-order valence-electron chi connectivity index (χ1n) is 7.87. The summed E-state index contributed by atoms with van der Waals surface area (Å²) in [6.45, 7) is 0.952. The van der Waals surface area contributed by atoms with E-state index in [9.17, 15) is 9.59 Å². The third-order valence-electron chi connectivity index (χ3n) is 5.08. The smallest absolute Gasteiger partial charge is 0.231 e. The number of methoxy groups -OCH3 is 1. The molecule has 1 aliphatic carbocycles. The molecule has 3 aliphatic rings. The summed E-state index contributed by atoms with van der Waals surface area (Å²) < 4.78 is 16.6. The number of Topliss-reactive ketones (excluding diaryl/α,β-unsaturated/α-hetero) is 2. The van der Waals surface area contributed by atoms with Gasteiger partial charge in [0, 0.05) is 24.9 Å². The minimum absolute atomic E-state index is 0.0272. The molecule has 0 spiro atoms. The van der Waals surface area contributed by atoms with Crippen molar-refractivity contribution in [2.75, 3.05) is 27.5 Å². The Bertz CT molecular complexity index is 683. The normalized spacial score (nSPS) is 24.2. The average Bonchev–Trinajstić information content (AvgIpc) is 3.13. The van der Waals surface area contributed by atoms with E-state index in [1.54, 1.807) is 7.11 Å². The molecule has 0 N–H and O–H groups in total. The molecule has 0 amide bonds. The fourth-order valence-electron chi connectivity index (χ4n) is 3.98. The van der Waals surface area contributed by atoms with Crippen molar-refractivity contribution in [1.29, 1.82) is 0 Å². The largest absolute Gasteiger partial charge is 0.492 e. The van der Waals surface area contributed by atoms with Gasteiger partial charge in [0.05, 0.1) is 19.1 Å². The number of carbonyl (C=O) groups excluding carboxylic acids is 2. The lowest BCUT2D eigenvalue weighted by molar-refractivity contribution is -0.130. The number of hydrogen-bond donors (Lipinski definition) is 0. The lowest BCUT2D eigenvalue weighted by Gasteiger charge is -2.38. The van der Waals surface area contributed by atoms with Crippen LogP contribution < -0.4 is 14.2 Å². The van der Waals surface area contributed by atoms with Gasteiger partial charge in [-0.3, -0.25) is 14.5 Å². The van der Waals surface area contributed by atoms with Gasteiger partial charge in [-0.05, 0) is 25.1 Å². The first-order valence-corrected chi connectivity index (χ1v) is 7.87. The summed E-state index contributed by atoms with van der Waals surface area (Å²) in [5, 5.41) is 0. The highest BCUT2D eigenvalue weighted by Crippen LogP contribution is 2.51. The Balaban J connectivity index is 1.90. The van der Waals surface area contributed by atoms with Crippen LogP contribution in [-0.4, -0.2) is 44.0 Å². The number of ketones is 2. The van der Waals surface area contributed by atoms with Crippen LogP contribution in [0.2, 0.25) is 0 Å². The van der Waals surface area contributed by atoms with E-state index in [0.29, 0.717) is 30.1 Å². The van der Waals surface area contributed by atoms with Gasteiger partial charge in [0.25, 0.3) is 0 Å². The predicted molar refractivity (Wildman–Crippen MR) is 80.9 cm³/mol. The number of benzene rings is 1. The zero-order chi connectivity index (χ0) is 16.1. The van der Waals surface area contributed by atoms with Crippen molar-refractivity contribution in [2.24, 2.45) is 5.92 Å². The lowest BCUT2D eigenvalue weighted by atomic mass is 9.82. The molecule has 2 aliphatic heterocycles. The Morgan fingerprint density at radius 2 is 1.91 bits per heavy atom. The maximum atomic E-state index is 12.3. The van der Waals surface area contributed by atoms with E-state index < -0.39 is 5.92 Å². The van der Waals surface area contributed by atoms with Gasteiger partial charge >= 0.3 is 0 Å². The standard InChI is InChI=1S/C17H19NO5/c1-18-6-5-9-7-12-16(23-8-22-12)17(21-2)13(9)15(18)14-10(19)3-4-11(14)20/h7,14-15H,3-6,8H2,1-2H3. The van der Waals surface area contributed by atoms with Crippen LogP contribution in [0.4, 0.5) is 0 Å². The molecule has 122 valence electrons. The molecule has 2 heterocycles. The van der Waals surface area contributed by atoms with Gasteiger partial charge in [-0.15, -0.1) is 0 Å². The van der Waals surface area contributed by atoms with Crippen molar-refractivity contribution in [1.82, 2.24) is 4.90 Å². The number of hydrogen-bond acceptors (Lipinski definition) is 6. The number of nitrogens with zero attached hydrogens (tertiary/aromatic N) is 1. The Kier molecular flexibility index (Phi) is 3.30. The average molecular weight is 317 g/mol. The molecule has 0 bridgehead atoms. The van der Waals surface area contributed by atoms with E-state index in [1.807, 2.05) is 13.1 Å². The number of ether oxygens (including phenoxy) is 3. The predicted octanol–water partition coefficient (Wildman–Crippen LogP) is 1.50. The van der Waals surface area contributed by atoms with Crippen molar-refractivity contribution in [3.8, 4) is 17.2 Å². The topological polar surface area (TPSA) is 65.1 Å². The van der Waals surface area contributed by atoms with E-state index in [4.69, 9.17) is 14.2 Å². The fraction of sp³-hybridized carbons (Fsp3) is 0.529. The maximum absolute atomic E-state index is 12.3. The van der Waals surface area contributed by atoms with Crippen LogP contribution in [0.25, 0.3) is 0 Å². The van der Waals surface area contributed by atoms with E-state index in [0.717, 1.165) is 24.1 Å². The summed E-state index contributed by atoms with van der Waals surface area (Å²) in [6, 6.07) is 1.68. The Morgan fingerprint density at radius 1 is 1.17 bits per heavy atom. The highest BCUT2D eigenvalue weighted by Gasteiger charge is 2.46. The molecule has 1 unspecified atom stereocenters. The minimum Gasteiger partial charge on any atom is -0.492 e. The molecule has 1 fully saturated rings. The SMILES string of the molecule is COc1c2c(cc3c1C(C1C(=O)CCC1=O)N(C)CC3)OCO2. The Labute approximate surface area is 134 Å². The van der Waals surface area contributed by atoms with E-state index in [1.165, 1.54) is 0 Å². The molecule has 0 radical (unpaired) electrons. The first-order chi connectivity index (χ1) is 11.1. The van der Waals surface area contributed by atoms with Crippen LogP contribution in [0.3, 0.4) is 0 Å². The molecule has 1 aromatic carbocycles. The summed E-state index contributed by atoms with van der Waals surface area (Å²) in [7, 11) is 3.54. The third kappa shape index (κ3) is 2.05. The molecule has 1 aromatic rings. The molecule has 6 heteroatoms. The van der Waals surface area contributed by atoms with Gasteiger partial charge in [-0.25, -0.2) is 0 Å². The van der Waals surface area contributed by atoms with E-state index in [-0.39, 0.29) is 24.4 Å². The molecule has 4 rings (SSSR count). The highest BCUT2D eigenvalue weighted by atomic mass is 16.7. The number of rotatable bonds is 2. The van der Waals surface area contributed by atoms with Crippen LogP contribution in [0.1, 0.15) is 30.0 Å². The van der Waals surface area contributed by atoms with Crippen molar-refractivity contribution < 1.29 is 23.8 Å². The fourth-order valence-corrected chi connectivity index (χ4v) is 3.98. The quantitative estimate of drug-likeness (QED) is 0.770. The summed E-state index contributed by atoms with van der Waals surface area (Å²) in [6.07, 6.45) is 1.51. The summed E-state index contributed by atoms with van der Waals surface area (Å²) in [5.41, 5.74) is 1.97. The second kappa shape index (κ2) is 5.23. The van der Waals surface area contributed by atoms with Crippen LogP contribution in [-0.2, 0) is 16.0 Å². The molecule has 1 saturated carbocycles. The number of carbonyl (C=O) groups is 2. The number of likely N-dealkylation sites (N-methyl/N-ethyl adjacent to an activating group) is 1. The zero-order valence-electron chi connectivity index (χ0n) is 13.3. The molecule has 1 atom stereocenters. The molecular weight excluding hydrogens is 298 g/mol.